The van der Waals surface area contributed by atoms with E-state index >= 15 is 0 Å². The van der Waals surface area contributed by atoms with E-state index in [9.17, 15) is 18.5 Å². The molecule has 1 N–H and O–H groups in total. The Morgan fingerprint density at radius 2 is 1.84 bits per heavy atom. The third kappa shape index (κ3) is 6.23. The van der Waals surface area contributed by atoms with Crippen LogP contribution in [0.15, 0.2) is 66.9 Å². The first kappa shape index (κ1) is 23.1. The summed E-state index contributed by atoms with van der Waals surface area (Å²) in [6, 6.07) is 19.1. The van der Waals surface area contributed by atoms with Crippen molar-refractivity contribution in [3.05, 3.63) is 83.6 Å². The van der Waals surface area contributed by atoms with E-state index in [2.05, 4.69) is 16.4 Å². The molecule has 8 heteroatoms. The predicted octanol–water partition coefficient (Wildman–Crippen LogP) is 3.35. The molecule has 1 aromatic heterocycles. The Kier molecular flexibility index (Phi) is 7.36. The summed E-state index contributed by atoms with van der Waals surface area (Å²) in [6.45, 7) is 0.466. The Hall–Kier alpha value is -3.54. The van der Waals surface area contributed by atoms with Crippen molar-refractivity contribution in [3.63, 3.8) is 0 Å². The van der Waals surface area contributed by atoms with Crippen LogP contribution in [0.25, 0.3) is 11.3 Å². The number of amides is 1. The summed E-state index contributed by atoms with van der Waals surface area (Å²) in [6.07, 6.45) is 1.64. The molecule has 1 heterocycles. The van der Waals surface area contributed by atoms with E-state index in [-0.39, 0.29) is 17.4 Å². The first-order valence-corrected chi connectivity index (χ1v) is 11.8. The summed E-state index contributed by atoms with van der Waals surface area (Å²) in [7, 11) is 0.435. The highest BCUT2D eigenvalue weighted by Crippen LogP contribution is 2.25. The van der Waals surface area contributed by atoms with Crippen molar-refractivity contribution in [1.29, 1.82) is 5.26 Å². The van der Waals surface area contributed by atoms with Crippen molar-refractivity contribution >= 4 is 21.4 Å². The molecule has 164 valence electrons. The molecule has 0 saturated carbocycles. The van der Waals surface area contributed by atoms with Crippen LogP contribution in [0.3, 0.4) is 0 Å². The van der Waals surface area contributed by atoms with Crippen molar-refractivity contribution in [1.82, 2.24) is 9.88 Å². The number of benzene rings is 2. The average Bonchev–Trinajstić information content (AvgIpc) is 2.78. The number of nitrogens with one attached hydrogen (secondary N) is 1. The van der Waals surface area contributed by atoms with Gasteiger partial charge in [-0.3, -0.25) is 9.78 Å². The predicted molar refractivity (Wildman–Crippen MR) is 125 cm³/mol. The van der Waals surface area contributed by atoms with Crippen LogP contribution in [0.1, 0.15) is 21.5 Å². The Labute approximate surface area is 188 Å². The van der Waals surface area contributed by atoms with Gasteiger partial charge in [-0.1, -0.05) is 18.2 Å². The number of aromatic nitrogens is 1. The second kappa shape index (κ2) is 10.2. The number of anilines is 1. The maximum absolute atomic E-state index is 12.7. The minimum absolute atomic E-state index is 0.0637. The van der Waals surface area contributed by atoms with Crippen molar-refractivity contribution < 1.29 is 13.2 Å². The highest BCUT2D eigenvalue weighted by atomic mass is 32.2. The number of carbonyl (C=O) groups excluding carboxylic acids is 1. The van der Waals surface area contributed by atoms with E-state index in [1.165, 1.54) is 0 Å². The molecule has 7 nitrogen and oxygen atoms in total. The number of nitriles is 1. The molecular formula is C24H24N4O3S. The Morgan fingerprint density at radius 3 is 2.47 bits per heavy atom. The van der Waals surface area contributed by atoms with Crippen LogP contribution in [-0.4, -0.2) is 50.6 Å². The number of nitrogens with zero attached hydrogens (tertiary/aromatic N) is 3. The monoisotopic (exact) mass is 448 g/mol. The fraction of sp³-hybridized carbons (Fsp3) is 0.208. The molecule has 0 aliphatic carbocycles. The maximum atomic E-state index is 12.7. The highest BCUT2D eigenvalue weighted by Gasteiger charge is 2.14. The fourth-order valence-corrected chi connectivity index (χ4v) is 4.54. The summed E-state index contributed by atoms with van der Waals surface area (Å²) in [5.74, 6) is -0.311. The lowest BCUT2D eigenvalue weighted by Crippen LogP contribution is -2.22. The molecule has 2 aromatic carbocycles. The van der Waals surface area contributed by atoms with E-state index in [0.29, 0.717) is 40.2 Å². The Balaban J connectivity index is 1.72. The third-order valence-corrected chi connectivity index (χ3v) is 6.37. The van der Waals surface area contributed by atoms with Gasteiger partial charge in [0.25, 0.3) is 5.91 Å². The second-order valence-corrected chi connectivity index (χ2v) is 9.82. The molecule has 3 aromatic rings. The topological polar surface area (TPSA) is 103 Å². The SMILES string of the molecule is CN(C)CCS(=O)(=O)Cc1ccc(C(=O)Nc2ccc(C#N)c(-c3ccccn3)c2)cc1. The zero-order chi connectivity index (χ0) is 23.1. The molecule has 0 aliphatic heterocycles. The van der Waals surface area contributed by atoms with Gasteiger partial charge in [0.15, 0.2) is 9.84 Å². The average molecular weight is 449 g/mol. The number of sulfone groups is 1. The van der Waals surface area contributed by atoms with Crippen LogP contribution in [0.5, 0.6) is 0 Å². The fourth-order valence-electron chi connectivity index (χ4n) is 3.06. The second-order valence-electron chi connectivity index (χ2n) is 7.63. The molecule has 3 rings (SSSR count). The number of hydrogen-bond acceptors (Lipinski definition) is 6. The number of carbonyl (C=O) groups is 1. The van der Waals surface area contributed by atoms with E-state index in [0.717, 1.165) is 0 Å². The number of pyridine rings is 1. The summed E-state index contributed by atoms with van der Waals surface area (Å²) >= 11 is 0. The van der Waals surface area contributed by atoms with Gasteiger partial charge in [0, 0.05) is 29.6 Å². The van der Waals surface area contributed by atoms with Gasteiger partial charge in [0.1, 0.15) is 0 Å². The molecule has 0 aliphatic rings. The van der Waals surface area contributed by atoms with E-state index in [1.54, 1.807) is 60.8 Å². The quantitative estimate of drug-likeness (QED) is 0.567. The lowest BCUT2D eigenvalue weighted by atomic mass is 10.0. The van der Waals surface area contributed by atoms with Crippen molar-refractivity contribution in [3.8, 4) is 17.3 Å². The van der Waals surface area contributed by atoms with Gasteiger partial charge < -0.3 is 10.2 Å². The standard InChI is InChI=1S/C24H24N4O3S/c1-28(2)13-14-32(30,31)17-18-6-8-19(9-7-18)24(29)27-21-11-10-20(16-25)22(15-21)23-5-3-4-12-26-23/h3-12,15H,13-14,17H2,1-2H3,(H,27,29). The van der Waals surface area contributed by atoms with E-state index in [1.807, 2.05) is 25.1 Å². The van der Waals surface area contributed by atoms with Gasteiger partial charge in [0.2, 0.25) is 0 Å². The molecule has 0 unspecified atom stereocenters. The van der Waals surface area contributed by atoms with Gasteiger partial charge in [-0.15, -0.1) is 0 Å². The molecule has 0 spiro atoms. The van der Waals surface area contributed by atoms with Gasteiger partial charge in [-0.05, 0) is 62.1 Å². The molecule has 0 fully saturated rings. The van der Waals surface area contributed by atoms with Gasteiger partial charge in [-0.2, -0.15) is 5.26 Å². The van der Waals surface area contributed by atoms with Crippen molar-refractivity contribution in [2.45, 2.75) is 5.75 Å². The molecule has 0 radical (unpaired) electrons. The van der Waals surface area contributed by atoms with Crippen LogP contribution < -0.4 is 5.32 Å². The molecule has 0 saturated heterocycles. The van der Waals surface area contributed by atoms with Crippen LogP contribution in [0.2, 0.25) is 0 Å². The molecule has 1 amide bonds. The largest absolute Gasteiger partial charge is 0.322 e. The number of rotatable bonds is 8. The lowest BCUT2D eigenvalue weighted by molar-refractivity contribution is 0.102. The highest BCUT2D eigenvalue weighted by molar-refractivity contribution is 7.90. The first-order chi connectivity index (χ1) is 15.3. The maximum Gasteiger partial charge on any atom is 0.255 e. The molecule has 32 heavy (non-hydrogen) atoms. The normalized spacial score (nSPS) is 11.2. The summed E-state index contributed by atoms with van der Waals surface area (Å²) in [4.78, 5) is 18.8. The van der Waals surface area contributed by atoms with Crippen molar-refractivity contribution in [2.24, 2.45) is 0 Å². The Bertz CT molecular complexity index is 1230. The van der Waals surface area contributed by atoms with E-state index < -0.39 is 9.84 Å². The van der Waals surface area contributed by atoms with Crippen LogP contribution >= 0.6 is 0 Å². The van der Waals surface area contributed by atoms with Gasteiger partial charge in [-0.25, -0.2) is 8.42 Å². The first-order valence-electron chi connectivity index (χ1n) is 9.98. The van der Waals surface area contributed by atoms with Crippen LogP contribution in [-0.2, 0) is 15.6 Å². The zero-order valence-corrected chi connectivity index (χ0v) is 18.8. The van der Waals surface area contributed by atoms with E-state index in [4.69, 9.17) is 0 Å². The van der Waals surface area contributed by atoms with Crippen molar-refractivity contribution in [2.75, 3.05) is 31.7 Å². The molecule has 0 atom stereocenters. The minimum atomic E-state index is -3.22. The van der Waals surface area contributed by atoms with Gasteiger partial charge >= 0.3 is 0 Å². The smallest absolute Gasteiger partial charge is 0.255 e. The van der Waals surface area contributed by atoms with Gasteiger partial charge in [0.05, 0.1) is 28.8 Å². The molecule has 0 bridgehead atoms. The summed E-state index contributed by atoms with van der Waals surface area (Å²) in [5, 5.41) is 12.2. The lowest BCUT2D eigenvalue weighted by Gasteiger charge is -2.11. The minimum Gasteiger partial charge on any atom is -0.322 e. The summed E-state index contributed by atoms with van der Waals surface area (Å²) < 4.78 is 24.5. The van der Waals surface area contributed by atoms with Crippen LogP contribution in [0.4, 0.5) is 5.69 Å². The number of hydrogen-bond donors (Lipinski definition) is 1. The zero-order valence-electron chi connectivity index (χ0n) is 17.9. The van der Waals surface area contributed by atoms with Crippen LogP contribution in [0, 0.1) is 11.3 Å². The third-order valence-electron chi connectivity index (χ3n) is 4.79. The Morgan fingerprint density at radius 1 is 1.09 bits per heavy atom. The molecular weight excluding hydrogens is 424 g/mol. The summed E-state index contributed by atoms with van der Waals surface area (Å²) in [5.41, 5.74) is 3.30.